The Kier molecular flexibility index (Phi) is 8.14. The van der Waals surface area contributed by atoms with E-state index >= 15 is 0 Å². The van der Waals surface area contributed by atoms with E-state index in [0.717, 1.165) is 0 Å². The smallest absolute Gasteiger partial charge is 0.372 e. The van der Waals surface area contributed by atoms with Crippen molar-refractivity contribution in [2.45, 2.75) is 32.5 Å². The molecule has 3 aromatic heterocycles. The number of nitrogens with zero attached hydrogens (tertiary/aromatic N) is 2. The maximum atomic E-state index is 12.8. The van der Waals surface area contributed by atoms with E-state index in [1.807, 2.05) is 5.32 Å². The zero-order chi connectivity index (χ0) is 28.4. The Bertz CT molecular complexity index is 1470. The first-order valence-electron chi connectivity index (χ1n) is 12.3. The number of aromatic amines is 1. The van der Waals surface area contributed by atoms with Crippen LogP contribution < -0.4 is 16.0 Å². The molecule has 0 saturated carbocycles. The number of hydrogen-bond donors (Lipinski definition) is 4. The predicted molar refractivity (Wildman–Crippen MR) is 140 cm³/mol. The van der Waals surface area contributed by atoms with Crippen LogP contribution in [0, 0.1) is 11.8 Å². The molecule has 2 atom stereocenters. The van der Waals surface area contributed by atoms with Crippen molar-refractivity contribution in [2.24, 2.45) is 11.8 Å². The molecule has 10 nitrogen and oxygen atoms in total. The lowest BCUT2D eigenvalue weighted by atomic mass is 10.0. The van der Waals surface area contributed by atoms with Crippen LogP contribution >= 0.6 is 0 Å². The molecule has 4 heterocycles. The van der Waals surface area contributed by atoms with Gasteiger partial charge in [-0.3, -0.25) is 14.6 Å². The van der Waals surface area contributed by atoms with Crippen molar-refractivity contribution in [3.8, 4) is 11.1 Å². The summed E-state index contributed by atoms with van der Waals surface area (Å²) in [4.78, 5) is 36.7. The van der Waals surface area contributed by atoms with Crippen LogP contribution in [0.25, 0.3) is 22.2 Å². The molecular weight excluding hydrogens is 537 g/mol. The summed E-state index contributed by atoms with van der Waals surface area (Å²) in [5, 5.41) is 8.30. The Morgan fingerprint density at radius 2 is 1.92 bits per heavy atom. The molecule has 1 unspecified atom stereocenters. The van der Waals surface area contributed by atoms with Crippen molar-refractivity contribution in [2.75, 3.05) is 29.9 Å². The maximum Gasteiger partial charge on any atom is 0.405 e. The molecule has 14 heteroatoms. The van der Waals surface area contributed by atoms with E-state index in [0.29, 0.717) is 39.8 Å². The highest BCUT2D eigenvalue weighted by Gasteiger charge is 2.31. The molecule has 0 aliphatic carbocycles. The van der Waals surface area contributed by atoms with Gasteiger partial charge in [-0.2, -0.15) is 13.2 Å². The van der Waals surface area contributed by atoms with Crippen molar-refractivity contribution in [3.05, 3.63) is 42.5 Å². The Hall–Kier alpha value is -3.68. The Morgan fingerprint density at radius 3 is 2.59 bits per heavy atom. The number of fused-ring (bicyclic) bond motifs is 1. The SMILES string of the molecule is CC(C)[C@@H](Nc1cncc(-c2c[nH]c3ncc(C(=O)NCC4CCS(=O)(=O)C4)cc23)c1)C(=O)NCC(F)(F)F. The summed E-state index contributed by atoms with van der Waals surface area (Å²) in [7, 11) is -3.04. The fourth-order valence-electron chi connectivity index (χ4n) is 4.42. The third kappa shape index (κ3) is 7.25. The third-order valence-corrected chi connectivity index (χ3v) is 8.29. The number of carbonyl (C=O) groups is 2. The van der Waals surface area contributed by atoms with Crippen LogP contribution in [0.5, 0.6) is 0 Å². The standard InChI is InChI=1S/C25H29F3N6O4S/c1-14(2)21(24(36)33-13-25(26,27)28)34-18-5-16(8-29-10-18)20-11-31-22-19(20)6-17(9-30-22)23(35)32-7-15-3-4-39(37,38)12-15/h5-6,8-11,14-15,21,34H,3-4,7,12-13H2,1-2H3,(H,30,31)(H,32,35)(H,33,36)/t15?,21-/m1/s1. The minimum absolute atomic E-state index is 0.0611. The number of aromatic nitrogens is 3. The minimum Gasteiger partial charge on any atom is -0.372 e. The highest BCUT2D eigenvalue weighted by Crippen LogP contribution is 2.30. The summed E-state index contributed by atoms with van der Waals surface area (Å²) in [5.41, 5.74) is 2.55. The first kappa shape index (κ1) is 28.3. The van der Waals surface area contributed by atoms with Crippen LogP contribution in [0.2, 0.25) is 0 Å². The molecule has 1 aliphatic heterocycles. The van der Waals surface area contributed by atoms with E-state index in [2.05, 4.69) is 25.6 Å². The van der Waals surface area contributed by atoms with Gasteiger partial charge in [0, 0.05) is 47.8 Å². The van der Waals surface area contributed by atoms with Crippen LogP contribution in [0.1, 0.15) is 30.6 Å². The van der Waals surface area contributed by atoms with Gasteiger partial charge in [-0.05, 0) is 30.4 Å². The van der Waals surface area contributed by atoms with E-state index in [-0.39, 0.29) is 35.8 Å². The summed E-state index contributed by atoms with van der Waals surface area (Å²) in [5.74, 6) is -1.40. The highest BCUT2D eigenvalue weighted by molar-refractivity contribution is 7.91. The normalized spacial score (nSPS) is 17.7. The summed E-state index contributed by atoms with van der Waals surface area (Å²) in [6.45, 7) is 2.26. The van der Waals surface area contributed by atoms with Crippen LogP contribution in [-0.4, -0.2) is 72.0 Å². The van der Waals surface area contributed by atoms with Gasteiger partial charge in [0.05, 0.1) is 22.8 Å². The van der Waals surface area contributed by atoms with Crippen LogP contribution in [-0.2, 0) is 14.6 Å². The Morgan fingerprint density at radius 1 is 1.15 bits per heavy atom. The number of carbonyl (C=O) groups excluding carboxylic acids is 2. The number of H-pyrrole nitrogens is 1. The van der Waals surface area contributed by atoms with E-state index in [1.54, 1.807) is 38.4 Å². The zero-order valence-corrected chi connectivity index (χ0v) is 22.1. The van der Waals surface area contributed by atoms with Crippen molar-refractivity contribution < 1.29 is 31.2 Å². The number of pyridine rings is 2. The highest BCUT2D eigenvalue weighted by atomic mass is 32.2. The van der Waals surface area contributed by atoms with Gasteiger partial charge in [0.2, 0.25) is 5.91 Å². The van der Waals surface area contributed by atoms with Gasteiger partial charge in [-0.15, -0.1) is 0 Å². The molecule has 4 N–H and O–H groups in total. The van der Waals surface area contributed by atoms with E-state index in [4.69, 9.17) is 0 Å². The van der Waals surface area contributed by atoms with Gasteiger partial charge in [-0.25, -0.2) is 13.4 Å². The number of halogens is 3. The van der Waals surface area contributed by atoms with Crippen molar-refractivity contribution >= 4 is 38.4 Å². The molecule has 1 saturated heterocycles. The lowest BCUT2D eigenvalue weighted by molar-refractivity contribution is -0.139. The Labute approximate surface area is 223 Å². The molecule has 0 aromatic carbocycles. The lowest BCUT2D eigenvalue weighted by Crippen LogP contribution is -2.46. The second-order valence-corrected chi connectivity index (χ2v) is 12.2. The average molecular weight is 567 g/mol. The first-order valence-corrected chi connectivity index (χ1v) is 14.2. The predicted octanol–water partition coefficient (Wildman–Crippen LogP) is 2.90. The zero-order valence-electron chi connectivity index (χ0n) is 21.3. The quantitative estimate of drug-likeness (QED) is 0.312. The van der Waals surface area contributed by atoms with Crippen molar-refractivity contribution in [3.63, 3.8) is 0 Å². The number of alkyl halides is 3. The van der Waals surface area contributed by atoms with Crippen molar-refractivity contribution in [1.29, 1.82) is 0 Å². The monoisotopic (exact) mass is 566 g/mol. The third-order valence-electron chi connectivity index (χ3n) is 6.45. The molecule has 39 heavy (non-hydrogen) atoms. The van der Waals surface area contributed by atoms with Gasteiger partial charge in [0.25, 0.3) is 5.91 Å². The number of nitrogens with one attached hydrogen (secondary N) is 4. The van der Waals surface area contributed by atoms with E-state index < -0.39 is 34.5 Å². The second-order valence-electron chi connectivity index (χ2n) is 9.96. The molecule has 2 amide bonds. The Balaban J connectivity index is 1.51. The fourth-order valence-corrected chi connectivity index (χ4v) is 6.28. The molecule has 4 rings (SSSR count). The number of amides is 2. The number of hydrogen-bond acceptors (Lipinski definition) is 7. The van der Waals surface area contributed by atoms with Crippen LogP contribution in [0.4, 0.5) is 18.9 Å². The van der Waals surface area contributed by atoms with Gasteiger partial charge in [0.15, 0.2) is 9.84 Å². The fraction of sp³-hybridized carbons (Fsp3) is 0.440. The number of anilines is 1. The summed E-state index contributed by atoms with van der Waals surface area (Å²) in [6, 6.07) is 2.44. The van der Waals surface area contributed by atoms with Gasteiger partial charge in [0.1, 0.15) is 18.2 Å². The van der Waals surface area contributed by atoms with Crippen molar-refractivity contribution in [1.82, 2.24) is 25.6 Å². The average Bonchev–Trinajstić information content (AvgIpc) is 3.45. The molecule has 210 valence electrons. The van der Waals surface area contributed by atoms with Gasteiger partial charge >= 0.3 is 6.18 Å². The topological polar surface area (TPSA) is 146 Å². The number of rotatable bonds is 9. The molecule has 1 aliphatic rings. The molecular formula is C25H29F3N6O4S. The van der Waals surface area contributed by atoms with E-state index in [9.17, 15) is 31.2 Å². The lowest BCUT2D eigenvalue weighted by Gasteiger charge is -2.23. The molecule has 1 fully saturated rings. The maximum absolute atomic E-state index is 12.8. The molecule has 0 radical (unpaired) electrons. The number of sulfone groups is 1. The second kappa shape index (κ2) is 11.2. The van der Waals surface area contributed by atoms with Crippen LogP contribution in [0.3, 0.4) is 0 Å². The molecule has 3 aromatic rings. The summed E-state index contributed by atoms with van der Waals surface area (Å²) < 4.78 is 61.0. The van der Waals surface area contributed by atoms with E-state index in [1.165, 1.54) is 12.4 Å². The largest absolute Gasteiger partial charge is 0.405 e. The van der Waals surface area contributed by atoms with Gasteiger partial charge in [-0.1, -0.05) is 13.8 Å². The van der Waals surface area contributed by atoms with Gasteiger partial charge < -0.3 is 20.9 Å². The molecule has 0 spiro atoms. The molecule has 0 bridgehead atoms. The summed E-state index contributed by atoms with van der Waals surface area (Å²) in [6.07, 6.45) is 2.15. The summed E-state index contributed by atoms with van der Waals surface area (Å²) >= 11 is 0. The first-order chi connectivity index (χ1) is 18.3. The minimum atomic E-state index is -4.52. The van der Waals surface area contributed by atoms with Crippen LogP contribution in [0.15, 0.2) is 36.9 Å².